The van der Waals surface area contributed by atoms with Crippen LogP contribution in [0.1, 0.15) is 10.4 Å². The van der Waals surface area contributed by atoms with Crippen LogP contribution in [0.3, 0.4) is 0 Å². The highest BCUT2D eigenvalue weighted by atomic mass is 35.5. The monoisotopic (exact) mass is 531 g/mol. The molecule has 0 saturated heterocycles. The van der Waals surface area contributed by atoms with Gasteiger partial charge >= 0.3 is 5.97 Å². The van der Waals surface area contributed by atoms with Gasteiger partial charge in [0.25, 0.3) is 17.5 Å². The summed E-state index contributed by atoms with van der Waals surface area (Å²) in [6.07, 6.45) is 0. The number of nitrogens with one attached hydrogen (secondary N) is 1. The number of carbonyl (C=O) groups is 3. The fraction of sp³-hybridized carbons (Fsp3) is 0. The number of benzene rings is 3. The number of esters is 1. The second kappa shape index (κ2) is 9.75. The van der Waals surface area contributed by atoms with E-state index >= 15 is 0 Å². The number of amides is 2. The van der Waals surface area contributed by atoms with Gasteiger partial charge in [0.2, 0.25) is 0 Å². The van der Waals surface area contributed by atoms with Gasteiger partial charge in [-0.3, -0.25) is 19.7 Å². The minimum atomic E-state index is -0.735. The van der Waals surface area contributed by atoms with Gasteiger partial charge in [-0.1, -0.05) is 34.8 Å². The fourth-order valence-electron chi connectivity index (χ4n) is 3.11. The van der Waals surface area contributed by atoms with E-state index in [1.54, 1.807) is 0 Å². The molecular weight excluding hydrogens is 521 g/mol. The summed E-state index contributed by atoms with van der Waals surface area (Å²) < 4.78 is 5.20. The Bertz CT molecular complexity index is 1410. The van der Waals surface area contributed by atoms with Crippen LogP contribution in [0.5, 0.6) is 5.75 Å². The van der Waals surface area contributed by atoms with Crippen molar-refractivity contribution in [2.24, 2.45) is 0 Å². The van der Waals surface area contributed by atoms with E-state index in [4.69, 9.17) is 39.5 Å². The maximum atomic E-state index is 12.9. The molecule has 176 valence electrons. The van der Waals surface area contributed by atoms with Crippen LogP contribution in [-0.4, -0.2) is 22.7 Å². The van der Waals surface area contributed by atoms with E-state index in [1.165, 1.54) is 66.7 Å². The zero-order valence-electron chi connectivity index (χ0n) is 17.3. The van der Waals surface area contributed by atoms with Crippen molar-refractivity contribution in [1.82, 2.24) is 0 Å². The molecule has 1 aliphatic rings. The first-order chi connectivity index (χ1) is 16.7. The molecule has 1 heterocycles. The highest BCUT2D eigenvalue weighted by molar-refractivity contribution is 6.53. The van der Waals surface area contributed by atoms with E-state index in [1.807, 2.05) is 0 Å². The van der Waals surface area contributed by atoms with Crippen molar-refractivity contribution in [1.29, 1.82) is 0 Å². The number of hydrogen-bond acceptors (Lipinski definition) is 7. The largest absolute Gasteiger partial charge is 0.423 e. The van der Waals surface area contributed by atoms with Gasteiger partial charge < -0.3 is 10.1 Å². The second-order valence-electron chi connectivity index (χ2n) is 7.08. The summed E-state index contributed by atoms with van der Waals surface area (Å²) in [6, 6.07) is 15.2. The van der Waals surface area contributed by atoms with Crippen molar-refractivity contribution in [2.45, 2.75) is 0 Å². The van der Waals surface area contributed by atoms with E-state index < -0.39 is 22.7 Å². The first kappa shape index (κ1) is 24.2. The minimum absolute atomic E-state index is 0.133. The number of imide groups is 1. The molecule has 0 atom stereocenters. The lowest BCUT2D eigenvalue weighted by Crippen LogP contribution is -2.32. The van der Waals surface area contributed by atoms with Crippen LogP contribution in [0.15, 0.2) is 77.5 Å². The average Bonchev–Trinajstić information content (AvgIpc) is 3.04. The summed E-state index contributed by atoms with van der Waals surface area (Å²) in [6.45, 7) is 0. The predicted molar refractivity (Wildman–Crippen MR) is 130 cm³/mol. The van der Waals surface area contributed by atoms with Gasteiger partial charge in [0, 0.05) is 17.8 Å². The number of non-ortho nitro benzene ring substituents is 1. The summed E-state index contributed by atoms with van der Waals surface area (Å²) in [4.78, 5) is 48.8. The Morgan fingerprint density at radius 2 is 1.54 bits per heavy atom. The Hall–Kier alpha value is -3.92. The molecule has 35 heavy (non-hydrogen) atoms. The van der Waals surface area contributed by atoms with Crippen molar-refractivity contribution in [3.8, 4) is 5.75 Å². The standard InChI is InChI=1S/C23H12Cl3N3O6/c24-17-10-7-15(11-18(17)25)28-21(30)19(26)20(22(28)31)27-13-3-1-12(2-4-13)23(32)35-16-8-5-14(6-9-16)29(33)34/h1-11,27H. The molecule has 0 unspecified atom stereocenters. The Morgan fingerprint density at radius 3 is 2.14 bits per heavy atom. The lowest BCUT2D eigenvalue weighted by molar-refractivity contribution is -0.384. The maximum Gasteiger partial charge on any atom is 0.343 e. The summed E-state index contributed by atoms with van der Waals surface area (Å²) in [5.74, 6) is -1.99. The first-order valence-corrected chi connectivity index (χ1v) is 10.9. The van der Waals surface area contributed by atoms with Crippen LogP contribution in [0, 0.1) is 10.1 Å². The molecule has 1 N–H and O–H groups in total. The Labute approximate surface area is 212 Å². The third kappa shape index (κ3) is 4.97. The molecule has 12 heteroatoms. The summed E-state index contributed by atoms with van der Waals surface area (Å²) >= 11 is 18.0. The van der Waals surface area contributed by atoms with Gasteiger partial charge in [-0.2, -0.15) is 0 Å². The maximum absolute atomic E-state index is 12.9. The SMILES string of the molecule is O=C(Oc1ccc([N+](=O)[O-])cc1)c1ccc(NC2=C(Cl)C(=O)N(c3ccc(Cl)c(Cl)c3)C2=O)cc1. The normalized spacial score (nSPS) is 13.3. The zero-order valence-corrected chi connectivity index (χ0v) is 19.6. The zero-order chi connectivity index (χ0) is 25.3. The molecule has 9 nitrogen and oxygen atoms in total. The molecular formula is C23H12Cl3N3O6. The lowest BCUT2D eigenvalue weighted by atomic mass is 10.2. The van der Waals surface area contributed by atoms with Crippen molar-refractivity contribution >= 4 is 69.6 Å². The third-order valence-corrected chi connectivity index (χ3v) is 5.93. The van der Waals surface area contributed by atoms with E-state index in [-0.39, 0.29) is 43.5 Å². The molecule has 2 amide bonds. The Kier molecular flexibility index (Phi) is 6.74. The quantitative estimate of drug-likeness (QED) is 0.145. The predicted octanol–water partition coefficient (Wildman–Crippen LogP) is 5.56. The summed E-state index contributed by atoms with van der Waals surface area (Å²) in [7, 11) is 0. The topological polar surface area (TPSA) is 119 Å². The molecule has 3 aromatic rings. The van der Waals surface area contributed by atoms with Crippen molar-refractivity contribution in [3.63, 3.8) is 0 Å². The number of carbonyl (C=O) groups excluding carboxylic acids is 3. The van der Waals surface area contributed by atoms with Gasteiger partial charge in [-0.15, -0.1) is 0 Å². The number of rotatable bonds is 6. The molecule has 0 fully saturated rings. The lowest BCUT2D eigenvalue weighted by Gasteiger charge is -2.15. The highest BCUT2D eigenvalue weighted by Crippen LogP contribution is 2.33. The van der Waals surface area contributed by atoms with Crippen LogP contribution >= 0.6 is 34.8 Å². The number of nitro benzene ring substituents is 1. The molecule has 0 spiro atoms. The van der Waals surface area contributed by atoms with Crippen LogP contribution in [0.4, 0.5) is 17.1 Å². The number of halogens is 3. The van der Waals surface area contributed by atoms with Crippen LogP contribution < -0.4 is 15.0 Å². The molecule has 0 aliphatic carbocycles. The molecule has 1 aliphatic heterocycles. The number of ether oxygens (including phenoxy) is 1. The van der Waals surface area contributed by atoms with E-state index in [0.29, 0.717) is 5.69 Å². The third-order valence-electron chi connectivity index (χ3n) is 4.84. The number of nitrogens with zero attached hydrogens (tertiary/aromatic N) is 2. The van der Waals surface area contributed by atoms with Gasteiger partial charge in [-0.25, -0.2) is 9.69 Å². The number of hydrogen-bond donors (Lipinski definition) is 1. The molecule has 0 saturated carbocycles. The summed E-state index contributed by atoms with van der Waals surface area (Å²) in [5, 5.41) is 13.6. The first-order valence-electron chi connectivity index (χ1n) is 9.73. The van der Waals surface area contributed by atoms with E-state index in [2.05, 4.69) is 5.32 Å². The van der Waals surface area contributed by atoms with Gasteiger partial charge in [0.05, 0.1) is 26.2 Å². The van der Waals surface area contributed by atoms with Gasteiger partial charge in [0.1, 0.15) is 16.5 Å². The van der Waals surface area contributed by atoms with Crippen molar-refractivity contribution in [3.05, 3.63) is 103 Å². The van der Waals surface area contributed by atoms with Crippen molar-refractivity contribution < 1.29 is 24.0 Å². The van der Waals surface area contributed by atoms with E-state index in [0.717, 1.165) is 4.90 Å². The Morgan fingerprint density at radius 1 is 0.886 bits per heavy atom. The van der Waals surface area contributed by atoms with Crippen LogP contribution in [-0.2, 0) is 9.59 Å². The van der Waals surface area contributed by atoms with Gasteiger partial charge in [-0.05, 0) is 54.6 Å². The number of nitro groups is 1. The molecule has 0 bridgehead atoms. The highest BCUT2D eigenvalue weighted by Gasteiger charge is 2.39. The summed E-state index contributed by atoms with van der Waals surface area (Å²) in [5.41, 5.74) is 0.478. The second-order valence-corrected chi connectivity index (χ2v) is 8.27. The molecule has 4 rings (SSSR count). The molecule has 3 aromatic carbocycles. The van der Waals surface area contributed by atoms with Gasteiger partial charge in [0.15, 0.2) is 0 Å². The molecule has 0 radical (unpaired) electrons. The minimum Gasteiger partial charge on any atom is -0.423 e. The van der Waals surface area contributed by atoms with Crippen molar-refractivity contribution in [2.75, 3.05) is 10.2 Å². The average molecular weight is 533 g/mol. The fourth-order valence-corrected chi connectivity index (χ4v) is 3.61. The van der Waals surface area contributed by atoms with Crippen LogP contribution in [0.2, 0.25) is 10.0 Å². The smallest absolute Gasteiger partial charge is 0.343 e. The number of anilines is 2. The molecule has 0 aromatic heterocycles. The van der Waals surface area contributed by atoms with Crippen LogP contribution in [0.25, 0.3) is 0 Å². The Balaban J connectivity index is 1.46. The van der Waals surface area contributed by atoms with E-state index in [9.17, 15) is 24.5 Å².